The van der Waals surface area contributed by atoms with E-state index >= 15 is 0 Å². The van der Waals surface area contributed by atoms with Crippen molar-refractivity contribution in [1.29, 1.82) is 0 Å². The molecule has 0 radical (unpaired) electrons. The van der Waals surface area contributed by atoms with Crippen LogP contribution in [0.15, 0.2) is 165 Å². The fourth-order valence-electron chi connectivity index (χ4n) is 6.23. The Balaban J connectivity index is 1.31. The van der Waals surface area contributed by atoms with Crippen LogP contribution in [0.1, 0.15) is 43.0 Å². The predicted molar refractivity (Wildman–Crippen MR) is 179 cm³/mol. The van der Waals surface area contributed by atoms with Crippen molar-refractivity contribution >= 4 is 35.5 Å². The molecule has 45 heavy (non-hydrogen) atoms. The molecule has 1 aliphatic rings. The van der Waals surface area contributed by atoms with E-state index in [0.717, 1.165) is 30.7 Å². The predicted octanol–water partition coefficient (Wildman–Crippen LogP) is 9.75. The smallest absolute Gasteiger partial charge is 0.335 e. The minimum absolute atomic E-state index is 0.269. The van der Waals surface area contributed by atoms with Gasteiger partial charge in [0.2, 0.25) is 0 Å². The molecule has 0 heterocycles. The van der Waals surface area contributed by atoms with Crippen molar-refractivity contribution in [1.82, 2.24) is 0 Å². The van der Waals surface area contributed by atoms with Gasteiger partial charge < -0.3 is 10.2 Å². The second-order valence-electron chi connectivity index (χ2n) is 10.8. The average molecular weight is 623 g/mol. The average Bonchev–Trinajstić information content (AvgIpc) is 3.37. The van der Waals surface area contributed by atoms with E-state index in [2.05, 4.69) is 97.1 Å². The molecule has 0 aromatic heterocycles. The van der Waals surface area contributed by atoms with Crippen molar-refractivity contribution in [3.8, 4) is 11.1 Å². The standard InChI is InChI=1S/C39H26O4S2/c40-37(41)25-7-5-9-31(23-25)44-29-19-15-27(16-20-29)39(35-13-3-1-11-33(35)34-12-2-4-14-36(34)39)28-17-21-30(22-18-28)45-32-10-6-8-26(24-32)38(42)43/h1-24H,(H,40,41)(H,42,43). The third-order valence-electron chi connectivity index (χ3n) is 8.16. The first-order valence-corrected chi connectivity index (χ1v) is 16.0. The van der Waals surface area contributed by atoms with Gasteiger partial charge in [-0.2, -0.15) is 0 Å². The van der Waals surface area contributed by atoms with E-state index in [0.29, 0.717) is 0 Å². The third kappa shape index (κ3) is 5.22. The molecular weight excluding hydrogens is 597 g/mol. The van der Waals surface area contributed by atoms with Crippen LogP contribution >= 0.6 is 23.5 Å². The van der Waals surface area contributed by atoms with Gasteiger partial charge in [0.15, 0.2) is 0 Å². The summed E-state index contributed by atoms with van der Waals surface area (Å²) < 4.78 is 0. The van der Waals surface area contributed by atoms with E-state index in [1.54, 1.807) is 36.4 Å². The zero-order valence-electron chi connectivity index (χ0n) is 23.9. The summed E-state index contributed by atoms with van der Waals surface area (Å²) in [5, 5.41) is 18.8. The Kier molecular flexibility index (Phi) is 7.53. The first kappa shape index (κ1) is 28.7. The molecule has 218 valence electrons. The fourth-order valence-corrected chi connectivity index (χ4v) is 7.98. The van der Waals surface area contributed by atoms with Crippen molar-refractivity contribution in [2.24, 2.45) is 0 Å². The van der Waals surface area contributed by atoms with Crippen molar-refractivity contribution in [3.05, 3.63) is 179 Å². The van der Waals surface area contributed by atoms with Crippen LogP contribution in [0.2, 0.25) is 0 Å². The number of carboxylic acid groups (broad SMARTS) is 2. The third-order valence-corrected chi connectivity index (χ3v) is 10.2. The molecule has 0 bridgehead atoms. The Labute approximate surface area is 269 Å². The molecule has 6 aromatic rings. The van der Waals surface area contributed by atoms with E-state index in [1.807, 2.05) is 12.1 Å². The highest BCUT2D eigenvalue weighted by molar-refractivity contribution is 7.99. The highest BCUT2D eigenvalue weighted by Crippen LogP contribution is 2.56. The maximum absolute atomic E-state index is 11.5. The van der Waals surface area contributed by atoms with Gasteiger partial charge in [-0.05, 0) is 94.0 Å². The monoisotopic (exact) mass is 622 g/mol. The Hall–Kier alpha value is -5.04. The second-order valence-corrected chi connectivity index (χ2v) is 13.1. The lowest BCUT2D eigenvalue weighted by molar-refractivity contribution is 0.0685. The number of carbonyl (C=O) groups is 2. The summed E-state index contributed by atoms with van der Waals surface area (Å²) in [5.74, 6) is -1.88. The Bertz CT molecular complexity index is 1920. The lowest BCUT2D eigenvalue weighted by atomic mass is 9.68. The van der Waals surface area contributed by atoms with Crippen molar-refractivity contribution in [2.75, 3.05) is 0 Å². The van der Waals surface area contributed by atoms with Gasteiger partial charge in [0.25, 0.3) is 0 Å². The van der Waals surface area contributed by atoms with Gasteiger partial charge in [-0.3, -0.25) is 0 Å². The first-order chi connectivity index (χ1) is 21.9. The number of benzene rings is 6. The second kappa shape index (κ2) is 11.8. The molecule has 0 amide bonds. The molecule has 1 aliphatic carbocycles. The lowest BCUT2D eigenvalue weighted by Crippen LogP contribution is -2.28. The summed E-state index contributed by atoms with van der Waals surface area (Å²) >= 11 is 3.08. The van der Waals surface area contributed by atoms with Crippen molar-refractivity contribution in [2.45, 2.75) is 25.0 Å². The molecular formula is C39H26O4S2. The topological polar surface area (TPSA) is 74.6 Å². The minimum atomic E-state index is -0.938. The van der Waals surface area contributed by atoms with Crippen LogP contribution in [0.4, 0.5) is 0 Å². The van der Waals surface area contributed by atoms with Gasteiger partial charge in [0.1, 0.15) is 0 Å². The highest BCUT2D eigenvalue weighted by atomic mass is 32.2. The number of fused-ring (bicyclic) bond motifs is 3. The van der Waals surface area contributed by atoms with Gasteiger partial charge in [0.05, 0.1) is 16.5 Å². The molecule has 6 heteroatoms. The molecule has 0 fully saturated rings. The number of carboxylic acids is 2. The lowest BCUT2D eigenvalue weighted by Gasteiger charge is -2.34. The molecule has 0 saturated carbocycles. The van der Waals surface area contributed by atoms with Crippen molar-refractivity contribution < 1.29 is 19.8 Å². The van der Waals surface area contributed by atoms with Crippen LogP contribution in [-0.2, 0) is 5.41 Å². The van der Waals surface area contributed by atoms with Crippen LogP contribution in [0, 0.1) is 0 Å². The van der Waals surface area contributed by atoms with Crippen molar-refractivity contribution in [3.63, 3.8) is 0 Å². The minimum Gasteiger partial charge on any atom is -0.478 e. The molecule has 2 N–H and O–H groups in total. The van der Waals surface area contributed by atoms with E-state index < -0.39 is 17.4 Å². The summed E-state index contributed by atoms with van der Waals surface area (Å²) in [5.41, 5.74) is 7.12. The summed E-state index contributed by atoms with van der Waals surface area (Å²) in [4.78, 5) is 26.8. The van der Waals surface area contributed by atoms with Crippen LogP contribution in [0.5, 0.6) is 0 Å². The number of rotatable bonds is 8. The van der Waals surface area contributed by atoms with Crippen LogP contribution < -0.4 is 0 Å². The Morgan fingerprint density at radius 3 is 1.24 bits per heavy atom. The normalized spacial score (nSPS) is 12.7. The van der Waals surface area contributed by atoms with E-state index in [9.17, 15) is 19.8 Å². The molecule has 0 spiro atoms. The van der Waals surface area contributed by atoms with E-state index in [4.69, 9.17) is 0 Å². The molecule has 7 rings (SSSR count). The van der Waals surface area contributed by atoms with E-state index in [-0.39, 0.29) is 11.1 Å². The zero-order valence-corrected chi connectivity index (χ0v) is 25.5. The summed E-state index contributed by atoms with van der Waals surface area (Å²) in [6, 6.07) is 48.3. The number of hydrogen-bond donors (Lipinski definition) is 2. The van der Waals surface area contributed by atoms with Crippen LogP contribution in [0.3, 0.4) is 0 Å². The Morgan fingerprint density at radius 1 is 0.444 bits per heavy atom. The fraction of sp³-hybridized carbons (Fsp3) is 0.0256. The SMILES string of the molecule is O=C(O)c1cccc(Sc2ccc(C3(c4ccc(Sc5cccc(C(=O)O)c5)cc4)c4ccccc4-c4ccccc43)cc2)c1. The maximum Gasteiger partial charge on any atom is 0.335 e. The molecule has 0 aliphatic heterocycles. The summed E-state index contributed by atoms with van der Waals surface area (Å²) in [6.45, 7) is 0. The number of hydrogen-bond acceptors (Lipinski definition) is 4. The summed E-state index contributed by atoms with van der Waals surface area (Å²) in [7, 11) is 0. The molecule has 0 unspecified atom stereocenters. The largest absolute Gasteiger partial charge is 0.478 e. The zero-order chi connectivity index (χ0) is 31.0. The van der Waals surface area contributed by atoms with E-state index in [1.165, 1.54) is 45.8 Å². The molecule has 0 atom stereocenters. The number of aromatic carboxylic acids is 2. The van der Waals surface area contributed by atoms with Gasteiger partial charge in [0, 0.05) is 19.6 Å². The van der Waals surface area contributed by atoms with Gasteiger partial charge >= 0.3 is 11.9 Å². The maximum atomic E-state index is 11.5. The Morgan fingerprint density at radius 2 is 0.844 bits per heavy atom. The van der Waals surface area contributed by atoms with Gasteiger partial charge in [-0.15, -0.1) is 0 Å². The quantitative estimate of drug-likeness (QED) is 0.176. The van der Waals surface area contributed by atoms with Crippen LogP contribution in [-0.4, -0.2) is 22.2 Å². The molecule has 4 nitrogen and oxygen atoms in total. The highest BCUT2D eigenvalue weighted by Gasteiger charge is 2.45. The van der Waals surface area contributed by atoms with Gasteiger partial charge in [-0.1, -0.05) is 108 Å². The summed E-state index contributed by atoms with van der Waals surface area (Å²) in [6.07, 6.45) is 0. The van der Waals surface area contributed by atoms with Gasteiger partial charge in [-0.25, -0.2) is 9.59 Å². The van der Waals surface area contributed by atoms with Crippen LogP contribution in [0.25, 0.3) is 11.1 Å². The first-order valence-electron chi connectivity index (χ1n) is 14.4. The molecule has 6 aromatic carbocycles. The molecule has 0 saturated heterocycles.